The van der Waals surface area contributed by atoms with E-state index in [1.807, 2.05) is 25.1 Å². The number of benzene rings is 1. The third-order valence-electron chi connectivity index (χ3n) is 3.27. The van der Waals surface area contributed by atoms with Crippen molar-refractivity contribution in [3.05, 3.63) is 33.8 Å². The summed E-state index contributed by atoms with van der Waals surface area (Å²) >= 11 is 3.43. The third kappa shape index (κ3) is 1.87. The number of hydrogen-bond acceptors (Lipinski definition) is 2. The van der Waals surface area contributed by atoms with Crippen LogP contribution in [0.3, 0.4) is 0 Å². The Bertz CT molecular complexity index is 420. The first-order chi connectivity index (χ1) is 7.45. The lowest BCUT2D eigenvalue weighted by atomic mass is 9.88. The number of aryl methyl sites for hydroxylation is 1. The standard InChI is InChI=1S/C12H14BrNO2/c1-7-4-8(6-9(13)5-7)12(2-3-12)10(14)11(15)16/h4-6,10H,2-3,14H2,1H3,(H,15,16). The van der Waals surface area contributed by atoms with Crippen LogP contribution in [0.4, 0.5) is 0 Å². The zero-order valence-electron chi connectivity index (χ0n) is 9.03. The maximum atomic E-state index is 11.0. The Morgan fingerprint density at radius 3 is 2.56 bits per heavy atom. The van der Waals surface area contributed by atoms with Crippen molar-refractivity contribution < 1.29 is 9.90 Å². The predicted molar refractivity (Wildman–Crippen MR) is 65.4 cm³/mol. The van der Waals surface area contributed by atoms with E-state index in [2.05, 4.69) is 15.9 Å². The molecule has 1 aliphatic rings. The largest absolute Gasteiger partial charge is 0.480 e. The summed E-state index contributed by atoms with van der Waals surface area (Å²) in [7, 11) is 0. The van der Waals surface area contributed by atoms with Crippen molar-refractivity contribution in [3.8, 4) is 0 Å². The fourth-order valence-corrected chi connectivity index (χ4v) is 2.78. The van der Waals surface area contributed by atoms with Gasteiger partial charge in [0.2, 0.25) is 0 Å². The van der Waals surface area contributed by atoms with Crippen LogP contribution in [0.15, 0.2) is 22.7 Å². The highest BCUT2D eigenvalue weighted by molar-refractivity contribution is 9.10. The Kier molecular flexibility index (Phi) is 2.80. The van der Waals surface area contributed by atoms with Gasteiger partial charge in [-0.05, 0) is 43.0 Å². The Morgan fingerprint density at radius 1 is 1.50 bits per heavy atom. The molecule has 0 aliphatic heterocycles. The van der Waals surface area contributed by atoms with Gasteiger partial charge < -0.3 is 10.8 Å². The van der Waals surface area contributed by atoms with Crippen molar-refractivity contribution >= 4 is 21.9 Å². The molecule has 4 heteroatoms. The molecule has 0 heterocycles. The normalized spacial score (nSPS) is 19.2. The number of halogens is 1. The summed E-state index contributed by atoms with van der Waals surface area (Å²) < 4.78 is 0.978. The molecule has 86 valence electrons. The van der Waals surface area contributed by atoms with E-state index in [-0.39, 0.29) is 5.41 Å². The number of rotatable bonds is 3. The number of carbonyl (C=O) groups is 1. The maximum Gasteiger partial charge on any atom is 0.321 e. The Morgan fingerprint density at radius 2 is 2.12 bits per heavy atom. The lowest BCUT2D eigenvalue weighted by molar-refractivity contribution is -0.139. The van der Waals surface area contributed by atoms with Gasteiger partial charge in [-0.2, -0.15) is 0 Å². The Labute approximate surface area is 103 Å². The predicted octanol–water partition coefficient (Wildman–Crippen LogP) is 2.20. The van der Waals surface area contributed by atoms with Gasteiger partial charge in [-0.1, -0.05) is 22.0 Å². The van der Waals surface area contributed by atoms with E-state index in [0.29, 0.717) is 0 Å². The molecule has 1 aliphatic carbocycles. The summed E-state index contributed by atoms with van der Waals surface area (Å²) in [5, 5.41) is 9.02. The quantitative estimate of drug-likeness (QED) is 0.894. The van der Waals surface area contributed by atoms with E-state index < -0.39 is 12.0 Å². The summed E-state index contributed by atoms with van der Waals surface area (Å²) in [5.41, 5.74) is 7.58. The van der Waals surface area contributed by atoms with Gasteiger partial charge in [-0.15, -0.1) is 0 Å². The number of carboxylic acid groups (broad SMARTS) is 1. The first kappa shape index (κ1) is 11.6. The minimum absolute atomic E-state index is 0.347. The molecule has 1 unspecified atom stereocenters. The summed E-state index contributed by atoms with van der Waals surface area (Å²) in [4.78, 5) is 11.0. The molecule has 3 nitrogen and oxygen atoms in total. The Balaban J connectivity index is 2.40. The van der Waals surface area contributed by atoms with Crippen LogP contribution >= 0.6 is 15.9 Å². The number of carboxylic acids is 1. The second kappa shape index (κ2) is 3.86. The van der Waals surface area contributed by atoms with E-state index >= 15 is 0 Å². The smallest absolute Gasteiger partial charge is 0.321 e. The van der Waals surface area contributed by atoms with Crippen molar-refractivity contribution in [3.63, 3.8) is 0 Å². The summed E-state index contributed by atoms with van der Waals surface area (Å²) in [6.07, 6.45) is 1.72. The molecule has 1 atom stereocenters. The molecule has 0 aromatic heterocycles. The van der Waals surface area contributed by atoms with Gasteiger partial charge >= 0.3 is 5.97 Å². The average Bonchev–Trinajstić information content (AvgIpc) is 2.95. The molecule has 16 heavy (non-hydrogen) atoms. The molecule has 0 bridgehead atoms. The van der Waals surface area contributed by atoms with Gasteiger partial charge in [0, 0.05) is 9.89 Å². The molecule has 1 saturated carbocycles. The zero-order chi connectivity index (χ0) is 11.9. The minimum Gasteiger partial charge on any atom is -0.480 e. The molecule has 1 fully saturated rings. The van der Waals surface area contributed by atoms with Gasteiger partial charge in [0.15, 0.2) is 0 Å². The second-order valence-electron chi connectivity index (χ2n) is 4.49. The molecular formula is C12H14BrNO2. The SMILES string of the molecule is Cc1cc(Br)cc(C2(C(N)C(=O)O)CC2)c1. The van der Waals surface area contributed by atoms with Crippen molar-refractivity contribution in [1.82, 2.24) is 0 Å². The molecule has 0 radical (unpaired) electrons. The molecule has 0 spiro atoms. The van der Waals surface area contributed by atoms with E-state index in [4.69, 9.17) is 10.8 Å². The number of nitrogens with two attached hydrogens (primary N) is 1. The molecule has 3 N–H and O–H groups in total. The van der Waals surface area contributed by atoms with E-state index in [1.165, 1.54) is 0 Å². The van der Waals surface area contributed by atoms with Gasteiger partial charge in [-0.3, -0.25) is 4.79 Å². The fraction of sp³-hybridized carbons (Fsp3) is 0.417. The van der Waals surface area contributed by atoms with Crippen LogP contribution in [0, 0.1) is 6.92 Å². The molecular weight excluding hydrogens is 270 g/mol. The maximum absolute atomic E-state index is 11.0. The molecule has 1 aromatic carbocycles. The zero-order valence-corrected chi connectivity index (χ0v) is 10.6. The summed E-state index contributed by atoms with van der Waals surface area (Å²) in [6.45, 7) is 2.00. The molecule has 2 rings (SSSR count). The average molecular weight is 284 g/mol. The monoisotopic (exact) mass is 283 g/mol. The van der Waals surface area contributed by atoms with Gasteiger partial charge in [0.1, 0.15) is 6.04 Å². The highest BCUT2D eigenvalue weighted by atomic mass is 79.9. The third-order valence-corrected chi connectivity index (χ3v) is 3.72. The van der Waals surface area contributed by atoms with E-state index in [0.717, 1.165) is 28.4 Å². The summed E-state index contributed by atoms with van der Waals surface area (Å²) in [6, 6.07) is 5.20. The molecule has 1 aromatic rings. The van der Waals surface area contributed by atoms with Crippen molar-refractivity contribution in [2.45, 2.75) is 31.2 Å². The van der Waals surface area contributed by atoms with Crippen LogP contribution in [0.5, 0.6) is 0 Å². The molecule has 0 saturated heterocycles. The Hall–Kier alpha value is -0.870. The second-order valence-corrected chi connectivity index (χ2v) is 5.40. The highest BCUT2D eigenvalue weighted by Crippen LogP contribution is 2.51. The van der Waals surface area contributed by atoms with Gasteiger partial charge in [0.05, 0.1) is 0 Å². The van der Waals surface area contributed by atoms with Gasteiger partial charge in [-0.25, -0.2) is 0 Å². The highest BCUT2D eigenvalue weighted by Gasteiger charge is 2.52. The number of hydrogen-bond donors (Lipinski definition) is 2. The lowest BCUT2D eigenvalue weighted by Gasteiger charge is -2.21. The molecule has 0 amide bonds. The lowest BCUT2D eigenvalue weighted by Crippen LogP contribution is -2.42. The van der Waals surface area contributed by atoms with Crippen LogP contribution in [0.2, 0.25) is 0 Å². The van der Waals surface area contributed by atoms with Crippen molar-refractivity contribution in [2.24, 2.45) is 5.73 Å². The van der Waals surface area contributed by atoms with Crippen LogP contribution in [-0.2, 0) is 10.2 Å². The minimum atomic E-state index is -0.921. The first-order valence-electron chi connectivity index (χ1n) is 5.22. The summed E-state index contributed by atoms with van der Waals surface area (Å²) in [5.74, 6) is -0.921. The van der Waals surface area contributed by atoms with Gasteiger partial charge in [0.25, 0.3) is 0 Å². The fourth-order valence-electron chi connectivity index (χ4n) is 2.17. The van der Waals surface area contributed by atoms with Crippen LogP contribution in [-0.4, -0.2) is 17.1 Å². The van der Waals surface area contributed by atoms with Crippen LogP contribution in [0.25, 0.3) is 0 Å². The first-order valence-corrected chi connectivity index (χ1v) is 6.01. The van der Waals surface area contributed by atoms with Crippen LogP contribution < -0.4 is 5.73 Å². The van der Waals surface area contributed by atoms with E-state index in [1.54, 1.807) is 0 Å². The van der Waals surface area contributed by atoms with Crippen LogP contribution in [0.1, 0.15) is 24.0 Å². The van der Waals surface area contributed by atoms with E-state index in [9.17, 15) is 4.79 Å². The van der Waals surface area contributed by atoms with Crippen molar-refractivity contribution in [2.75, 3.05) is 0 Å². The van der Waals surface area contributed by atoms with Crippen molar-refractivity contribution in [1.29, 1.82) is 0 Å². The topological polar surface area (TPSA) is 63.3 Å². The number of aliphatic carboxylic acids is 1.